The number of imide groups is 1. The van der Waals surface area contributed by atoms with Crippen LogP contribution in [0.2, 0.25) is 0 Å². The maximum Gasteiger partial charge on any atom is 0.477 e. The number of carbonyl (C=O) groups is 2. The number of aryl methyl sites for hydroxylation is 1. The van der Waals surface area contributed by atoms with E-state index in [1.807, 2.05) is 13.8 Å². The van der Waals surface area contributed by atoms with Gasteiger partial charge in [-0.25, -0.2) is 18.8 Å². The molecular weight excluding hydrogens is 455 g/mol. The SMILES string of the molecule is CCCCOP(=O)(OCCCC)OCOC(=O)N(C(=O)c1ccc(C)c([N+](=O)[O-])c1)C1CC1. The zero-order valence-corrected chi connectivity index (χ0v) is 20.1. The predicted octanol–water partition coefficient (Wildman–Crippen LogP) is 5.36. The number of unbranched alkanes of at least 4 members (excludes halogenated alkanes) is 2. The van der Waals surface area contributed by atoms with Gasteiger partial charge in [-0.15, -0.1) is 0 Å². The molecule has 1 aliphatic rings. The predicted molar refractivity (Wildman–Crippen MR) is 119 cm³/mol. The van der Waals surface area contributed by atoms with Crippen molar-refractivity contribution >= 4 is 25.5 Å². The van der Waals surface area contributed by atoms with Gasteiger partial charge in [-0.1, -0.05) is 32.8 Å². The quantitative estimate of drug-likeness (QED) is 0.112. The molecule has 0 spiro atoms. The van der Waals surface area contributed by atoms with E-state index in [1.165, 1.54) is 12.1 Å². The summed E-state index contributed by atoms with van der Waals surface area (Å²) in [6.07, 6.45) is 3.12. The lowest BCUT2D eigenvalue weighted by molar-refractivity contribution is -0.385. The van der Waals surface area contributed by atoms with Gasteiger partial charge in [0.05, 0.1) is 18.1 Å². The van der Waals surface area contributed by atoms with Crippen LogP contribution in [0, 0.1) is 17.0 Å². The Hall–Kier alpha value is -2.33. The summed E-state index contributed by atoms with van der Waals surface area (Å²) in [5.41, 5.74) is 0.170. The lowest BCUT2D eigenvalue weighted by atomic mass is 10.1. The van der Waals surface area contributed by atoms with Gasteiger partial charge in [0.1, 0.15) is 0 Å². The van der Waals surface area contributed by atoms with Crippen LogP contribution in [0.25, 0.3) is 0 Å². The smallest absolute Gasteiger partial charge is 0.421 e. The normalized spacial score (nSPS) is 13.5. The van der Waals surface area contributed by atoms with Crippen molar-refractivity contribution in [1.29, 1.82) is 0 Å². The van der Waals surface area contributed by atoms with E-state index >= 15 is 0 Å². The third-order valence-electron chi connectivity index (χ3n) is 4.87. The molecule has 2 amide bonds. The zero-order chi connectivity index (χ0) is 24.4. The second kappa shape index (κ2) is 12.8. The van der Waals surface area contributed by atoms with Crippen molar-refractivity contribution in [2.45, 2.75) is 65.3 Å². The molecule has 1 aliphatic carbocycles. The fourth-order valence-electron chi connectivity index (χ4n) is 2.77. The number of phosphoric acid groups is 1. The highest BCUT2D eigenvalue weighted by Gasteiger charge is 2.39. The van der Waals surface area contributed by atoms with Crippen LogP contribution in [0.15, 0.2) is 18.2 Å². The van der Waals surface area contributed by atoms with Crippen molar-refractivity contribution in [3.63, 3.8) is 0 Å². The number of nitrogens with zero attached hydrogens (tertiary/aromatic N) is 2. The third-order valence-corrected chi connectivity index (χ3v) is 6.29. The lowest BCUT2D eigenvalue weighted by Gasteiger charge is -2.21. The summed E-state index contributed by atoms with van der Waals surface area (Å²) in [5, 5.41) is 11.2. The summed E-state index contributed by atoms with van der Waals surface area (Å²) in [7, 11) is -3.93. The first-order valence-corrected chi connectivity index (χ1v) is 12.5. The Bertz CT molecular complexity index is 874. The third kappa shape index (κ3) is 8.19. The summed E-state index contributed by atoms with van der Waals surface area (Å²) in [4.78, 5) is 37.1. The van der Waals surface area contributed by atoms with Gasteiger partial charge in [0.2, 0.25) is 6.79 Å². The van der Waals surface area contributed by atoms with Gasteiger partial charge in [-0.3, -0.25) is 24.0 Å². The number of nitro groups is 1. The minimum absolute atomic E-state index is 0.00598. The number of carbonyl (C=O) groups excluding carboxylic acids is 2. The van der Waals surface area contributed by atoms with Crippen LogP contribution in [-0.4, -0.2) is 47.9 Å². The summed E-state index contributed by atoms with van der Waals surface area (Å²) in [5.74, 6) is -0.716. The van der Waals surface area contributed by atoms with Crippen molar-refractivity contribution in [3.8, 4) is 0 Å². The van der Waals surface area contributed by atoms with Crippen molar-refractivity contribution in [2.24, 2.45) is 0 Å². The number of hydrogen-bond donors (Lipinski definition) is 0. The fraction of sp³-hybridized carbons (Fsp3) is 0.619. The summed E-state index contributed by atoms with van der Waals surface area (Å²) < 4.78 is 33.4. The van der Waals surface area contributed by atoms with E-state index in [0.717, 1.165) is 23.8 Å². The number of ether oxygens (including phenoxy) is 1. The minimum atomic E-state index is -3.93. The summed E-state index contributed by atoms with van der Waals surface area (Å²) in [6.45, 7) is 5.03. The molecule has 11 nitrogen and oxygen atoms in total. The molecule has 1 saturated carbocycles. The number of rotatable bonds is 14. The van der Waals surface area contributed by atoms with Crippen molar-refractivity contribution in [1.82, 2.24) is 4.90 Å². The minimum Gasteiger partial charge on any atom is -0.421 e. The Labute approximate surface area is 193 Å². The number of amides is 2. The number of nitro benzene ring substituents is 1. The molecule has 0 heterocycles. The van der Waals surface area contributed by atoms with E-state index in [-0.39, 0.29) is 30.5 Å². The maximum absolute atomic E-state index is 12.9. The van der Waals surface area contributed by atoms with Gasteiger partial charge in [0.25, 0.3) is 11.6 Å². The van der Waals surface area contributed by atoms with Gasteiger partial charge in [-0.05, 0) is 38.7 Å². The Kier molecular flexibility index (Phi) is 10.4. The Morgan fingerprint density at radius 2 is 1.73 bits per heavy atom. The average Bonchev–Trinajstić information content (AvgIpc) is 3.59. The van der Waals surface area contributed by atoms with E-state index in [0.29, 0.717) is 31.2 Å². The molecule has 0 aliphatic heterocycles. The molecule has 2 rings (SSSR count). The highest BCUT2D eigenvalue weighted by atomic mass is 31.2. The van der Waals surface area contributed by atoms with Crippen LogP contribution in [0.4, 0.5) is 10.5 Å². The van der Waals surface area contributed by atoms with Crippen LogP contribution in [0.1, 0.15) is 68.3 Å². The number of hydrogen-bond acceptors (Lipinski definition) is 9. The molecule has 0 saturated heterocycles. The molecule has 0 aromatic heterocycles. The van der Waals surface area contributed by atoms with Gasteiger partial charge >= 0.3 is 13.9 Å². The van der Waals surface area contributed by atoms with Gasteiger partial charge in [0.15, 0.2) is 0 Å². The zero-order valence-electron chi connectivity index (χ0n) is 19.2. The Morgan fingerprint density at radius 1 is 1.12 bits per heavy atom. The Morgan fingerprint density at radius 3 is 2.24 bits per heavy atom. The largest absolute Gasteiger partial charge is 0.477 e. The molecule has 33 heavy (non-hydrogen) atoms. The molecule has 0 bridgehead atoms. The van der Waals surface area contributed by atoms with Gasteiger partial charge in [0, 0.05) is 23.2 Å². The van der Waals surface area contributed by atoms with E-state index in [4.69, 9.17) is 18.3 Å². The van der Waals surface area contributed by atoms with Crippen LogP contribution in [0.3, 0.4) is 0 Å². The van der Waals surface area contributed by atoms with Gasteiger partial charge < -0.3 is 4.74 Å². The Balaban J connectivity index is 2.03. The summed E-state index contributed by atoms with van der Waals surface area (Å²) >= 11 is 0. The molecule has 12 heteroatoms. The molecule has 1 aromatic carbocycles. The maximum atomic E-state index is 12.9. The van der Waals surface area contributed by atoms with Crippen molar-refractivity contribution in [2.75, 3.05) is 20.0 Å². The van der Waals surface area contributed by atoms with E-state index in [1.54, 1.807) is 6.92 Å². The molecule has 1 aromatic rings. The molecule has 184 valence electrons. The van der Waals surface area contributed by atoms with E-state index in [2.05, 4.69) is 0 Å². The molecular formula is C21H31N2O9P. The van der Waals surface area contributed by atoms with E-state index in [9.17, 15) is 24.3 Å². The number of phosphoric ester groups is 1. The molecule has 1 fully saturated rings. The first kappa shape index (κ1) is 26.9. The van der Waals surface area contributed by atoms with Crippen LogP contribution in [-0.2, 0) is 22.9 Å². The second-order valence-corrected chi connectivity index (χ2v) is 9.31. The highest BCUT2D eigenvalue weighted by Crippen LogP contribution is 2.49. The first-order chi connectivity index (χ1) is 15.7. The van der Waals surface area contributed by atoms with Crippen molar-refractivity contribution < 1.29 is 37.4 Å². The van der Waals surface area contributed by atoms with E-state index < -0.39 is 31.5 Å². The highest BCUT2D eigenvalue weighted by molar-refractivity contribution is 7.48. The fourth-order valence-corrected chi connectivity index (χ4v) is 3.88. The summed E-state index contributed by atoms with van der Waals surface area (Å²) in [6, 6.07) is 3.62. The number of benzene rings is 1. The van der Waals surface area contributed by atoms with Crippen LogP contribution < -0.4 is 0 Å². The standard InChI is InChI=1S/C21H31N2O9P/c1-4-6-12-30-33(28,31-13-7-5-2)32-15-29-21(25)22(18-10-11-18)20(24)17-9-8-16(3)19(14-17)23(26)27/h8-9,14,18H,4-7,10-13,15H2,1-3H3. The lowest BCUT2D eigenvalue weighted by Crippen LogP contribution is -2.39. The van der Waals surface area contributed by atoms with Crippen LogP contribution >= 0.6 is 7.82 Å². The van der Waals surface area contributed by atoms with Gasteiger partial charge in [-0.2, -0.15) is 0 Å². The first-order valence-electron chi connectivity index (χ1n) is 11.0. The molecule has 0 unspecified atom stereocenters. The second-order valence-electron chi connectivity index (χ2n) is 7.64. The van der Waals surface area contributed by atoms with Crippen molar-refractivity contribution in [3.05, 3.63) is 39.4 Å². The topological polar surface area (TPSA) is 135 Å². The molecule has 0 radical (unpaired) electrons. The molecule has 0 atom stereocenters. The average molecular weight is 486 g/mol. The monoisotopic (exact) mass is 486 g/mol. The van der Waals surface area contributed by atoms with Crippen LogP contribution in [0.5, 0.6) is 0 Å². The molecule has 0 N–H and O–H groups in total.